The van der Waals surface area contributed by atoms with E-state index in [0.29, 0.717) is 23.4 Å². The number of nitrogens with zero attached hydrogens (tertiary/aromatic N) is 2. The third-order valence-electron chi connectivity index (χ3n) is 6.71. The lowest BCUT2D eigenvalue weighted by atomic mass is 9.87. The summed E-state index contributed by atoms with van der Waals surface area (Å²) in [6, 6.07) is 10.5. The van der Waals surface area contributed by atoms with Gasteiger partial charge >= 0.3 is 0 Å². The van der Waals surface area contributed by atoms with Crippen LogP contribution in [0.1, 0.15) is 50.7 Å². The van der Waals surface area contributed by atoms with Gasteiger partial charge in [0.25, 0.3) is 0 Å². The Labute approximate surface area is 235 Å². The van der Waals surface area contributed by atoms with Crippen LogP contribution in [-0.2, 0) is 9.84 Å². The van der Waals surface area contributed by atoms with Crippen LogP contribution in [0, 0.1) is 6.92 Å². The van der Waals surface area contributed by atoms with Crippen molar-refractivity contribution in [2.24, 2.45) is 0 Å². The molecule has 1 atom stereocenters. The highest BCUT2D eigenvalue weighted by molar-refractivity contribution is 7.92. The van der Waals surface area contributed by atoms with Gasteiger partial charge in [0.2, 0.25) is 5.95 Å². The molecule has 2 heterocycles. The minimum atomic E-state index is -3.68. The van der Waals surface area contributed by atoms with Gasteiger partial charge in [-0.3, -0.25) is 0 Å². The van der Waals surface area contributed by atoms with E-state index in [2.05, 4.69) is 45.0 Å². The third kappa shape index (κ3) is 7.00. The molecular weight excluding hydrogens is 538 g/mol. The second-order valence-corrected chi connectivity index (χ2v) is 12.9. The topological polar surface area (TPSA) is 125 Å². The zero-order chi connectivity index (χ0) is 28.2. The Kier molecular flexibility index (Phi) is 9.32. The van der Waals surface area contributed by atoms with Crippen molar-refractivity contribution in [3.05, 3.63) is 58.7 Å². The van der Waals surface area contributed by atoms with Gasteiger partial charge in [-0.25, -0.2) is 13.4 Å². The van der Waals surface area contributed by atoms with Crippen molar-refractivity contribution in [3.63, 3.8) is 0 Å². The fourth-order valence-corrected chi connectivity index (χ4v) is 5.94. The number of benzene rings is 2. The zero-order valence-corrected chi connectivity index (χ0v) is 24.2. The summed E-state index contributed by atoms with van der Waals surface area (Å²) in [5, 5.41) is 18.5. The van der Waals surface area contributed by atoms with Crippen molar-refractivity contribution >= 4 is 44.6 Å². The molecule has 1 saturated heterocycles. The van der Waals surface area contributed by atoms with E-state index in [1.165, 1.54) is 36.4 Å². The molecule has 4 N–H and O–H groups in total. The minimum absolute atomic E-state index is 0.0189. The Morgan fingerprint density at radius 1 is 1.15 bits per heavy atom. The van der Waals surface area contributed by atoms with Crippen LogP contribution >= 0.6 is 11.6 Å². The molecule has 11 heteroatoms. The number of ether oxygens (including phenoxy) is 1. The SMILES string of the molecule is Cc1cc(Nc2ncc(Cl)c(Nc3cccc(S(=O)(=O)C(C)CO)c3)n2)c(OC(C)C)cc1C1CCNCC1. The number of anilines is 4. The van der Waals surface area contributed by atoms with Crippen LogP contribution in [0.5, 0.6) is 5.75 Å². The Balaban J connectivity index is 1.61. The average Bonchev–Trinajstić information content (AvgIpc) is 2.92. The first-order valence-electron chi connectivity index (χ1n) is 13.1. The summed E-state index contributed by atoms with van der Waals surface area (Å²) >= 11 is 6.39. The molecule has 1 aromatic heterocycles. The van der Waals surface area contributed by atoms with Gasteiger partial charge < -0.3 is 25.8 Å². The summed E-state index contributed by atoms with van der Waals surface area (Å²) in [4.78, 5) is 8.99. The number of aryl methyl sites for hydroxylation is 1. The van der Waals surface area contributed by atoms with E-state index >= 15 is 0 Å². The summed E-state index contributed by atoms with van der Waals surface area (Å²) < 4.78 is 31.6. The number of aromatic nitrogens is 2. The van der Waals surface area contributed by atoms with Crippen molar-refractivity contribution in [2.75, 3.05) is 30.3 Å². The first-order chi connectivity index (χ1) is 18.6. The highest BCUT2D eigenvalue weighted by Crippen LogP contribution is 2.37. The molecule has 0 spiro atoms. The minimum Gasteiger partial charge on any atom is -0.489 e. The van der Waals surface area contributed by atoms with Gasteiger partial charge in [0.15, 0.2) is 15.7 Å². The number of hydrogen-bond donors (Lipinski definition) is 4. The van der Waals surface area contributed by atoms with E-state index in [9.17, 15) is 13.5 Å². The third-order valence-corrected chi connectivity index (χ3v) is 9.11. The standard InChI is InChI=1S/C28H36ClN5O4S/c1-17(2)38-26-14-23(20-8-10-30-11-9-20)18(3)12-25(26)33-28-31-15-24(29)27(34-28)32-21-6-5-7-22(13-21)39(36,37)19(4)16-35/h5-7,12-15,17,19-20,30,35H,8-11,16H2,1-4H3,(H2,31,32,33,34). The molecule has 1 aliphatic heterocycles. The number of sulfone groups is 1. The van der Waals surface area contributed by atoms with Crippen molar-refractivity contribution in [2.45, 2.75) is 62.7 Å². The quantitative estimate of drug-likeness (QED) is 0.254. The molecule has 1 aliphatic rings. The van der Waals surface area contributed by atoms with Gasteiger partial charge in [-0.15, -0.1) is 0 Å². The lowest BCUT2D eigenvalue weighted by molar-refractivity contribution is 0.243. The molecule has 0 saturated carbocycles. The number of nitrogens with one attached hydrogen (secondary N) is 3. The van der Waals surface area contributed by atoms with Crippen LogP contribution in [0.25, 0.3) is 0 Å². The van der Waals surface area contributed by atoms with Gasteiger partial charge in [0.1, 0.15) is 10.8 Å². The number of piperidine rings is 1. The van der Waals surface area contributed by atoms with Gasteiger partial charge in [-0.05, 0) is 101 Å². The number of halogens is 1. The maximum absolute atomic E-state index is 12.7. The van der Waals surface area contributed by atoms with E-state index in [1.54, 1.807) is 12.1 Å². The van der Waals surface area contributed by atoms with Crippen LogP contribution in [-0.4, -0.2) is 54.5 Å². The van der Waals surface area contributed by atoms with Crippen molar-refractivity contribution < 1.29 is 18.3 Å². The van der Waals surface area contributed by atoms with Crippen molar-refractivity contribution in [1.29, 1.82) is 0 Å². The normalized spacial score (nSPS) is 15.3. The number of aliphatic hydroxyl groups is 1. The summed E-state index contributed by atoms with van der Waals surface area (Å²) in [5.74, 6) is 1.83. The monoisotopic (exact) mass is 573 g/mol. The summed E-state index contributed by atoms with van der Waals surface area (Å²) in [7, 11) is -3.68. The van der Waals surface area contributed by atoms with E-state index in [-0.39, 0.29) is 16.0 Å². The maximum Gasteiger partial charge on any atom is 0.229 e. The molecule has 9 nitrogen and oxygen atoms in total. The fraction of sp³-hybridized carbons (Fsp3) is 0.429. The largest absolute Gasteiger partial charge is 0.489 e. The Hall–Kier alpha value is -2.92. The highest BCUT2D eigenvalue weighted by atomic mass is 35.5. The van der Waals surface area contributed by atoms with Crippen molar-refractivity contribution in [1.82, 2.24) is 15.3 Å². The molecule has 0 aliphatic carbocycles. The zero-order valence-electron chi connectivity index (χ0n) is 22.7. The Morgan fingerprint density at radius 2 is 1.90 bits per heavy atom. The van der Waals surface area contributed by atoms with Gasteiger partial charge in [0, 0.05) is 5.69 Å². The molecule has 3 aromatic rings. The molecule has 39 heavy (non-hydrogen) atoms. The van der Waals surface area contributed by atoms with Gasteiger partial charge in [-0.2, -0.15) is 4.98 Å². The van der Waals surface area contributed by atoms with Gasteiger partial charge in [-0.1, -0.05) is 17.7 Å². The molecular formula is C28H36ClN5O4S. The van der Waals surface area contributed by atoms with Crippen LogP contribution in [0.3, 0.4) is 0 Å². The average molecular weight is 574 g/mol. The summed E-state index contributed by atoms with van der Waals surface area (Å²) in [6.07, 6.45) is 3.64. The number of hydrogen-bond acceptors (Lipinski definition) is 9. The van der Waals surface area contributed by atoms with E-state index < -0.39 is 21.7 Å². The molecule has 0 bridgehead atoms. The predicted molar refractivity (Wildman–Crippen MR) is 156 cm³/mol. The second kappa shape index (κ2) is 12.5. The molecule has 0 amide bonds. The Morgan fingerprint density at radius 3 is 2.59 bits per heavy atom. The number of aliphatic hydroxyl groups excluding tert-OH is 1. The molecule has 4 rings (SSSR count). The second-order valence-electron chi connectivity index (χ2n) is 10.1. The maximum atomic E-state index is 12.7. The van der Waals surface area contributed by atoms with E-state index in [1.807, 2.05) is 13.8 Å². The smallest absolute Gasteiger partial charge is 0.229 e. The first kappa shape index (κ1) is 29.1. The molecule has 1 fully saturated rings. The molecule has 210 valence electrons. The first-order valence-corrected chi connectivity index (χ1v) is 15.0. The van der Waals surface area contributed by atoms with Crippen molar-refractivity contribution in [3.8, 4) is 5.75 Å². The molecule has 1 unspecified atom stereocenters. The lowest BCUT2D eigenvalue weighted by Crippen LogP contribution is -2.27. The van der Waals surface area contributed by atoms with Gasteiger partial charge in [0.05, 0.1) is 34.7 Å². The van der Waals surface area contributed by atoms with E-state index in [0.717, 1.165) is 37.4 Å². The van der Waals surface area contributed by atoms with Crippen LogP contribution in [0.15, 0.2) is 47.5 Å². The Bertz CT molecular complexity index is 1410. The van der Waals surface area contributed by atoms with E-state index in [4.69, 9.17) is 16.3 Å². The number of rotatable bonds is 10. The lowest BCUT2D eigenvalue weighted by Gasteiger charge is -2.26. The predicted octanol–water partition coefficient (Wildman–Crippen LogP) is 5.33. The summed E-state index contributed by atoms with van der Waals surface area (Å²) in [5.41, 5.74) is 3.70. The molecule has 2 aromatic carbocycles. The highest BCUT2D eigenvalue weighted by Gasteiger charge is 2.23. The summed E-state index contributed by atoms with van der Waals surface area (Å²) in [6.45, 7) is 9.10. The van der Waals surface area contributed by atoms with Crippen LogP contribution in [0.4, 0.5) is 23.1 Å². The van der Waals surface area contributed by atoms with Crippen LogP contribution < -0.4 is 20.7 Å². The fourth-order valence-electron chi connectivity index (χ4n) is 4.58. The molecule has 0 radical (unpaired) electrons. The van der Waals surface area contributed by atoms with Crippen LogP contribution in [0.2, 0.25) is 5.02 Å².